The second kappa shape index (κ2) is 2.59. The number of fused-ring (bicyclic) bond motifs is 1. The Morgan fingerprint density at radius 3 is 2.77 bits per heavy atom. The van der Waals surface area contributed by atoms with Crippen LogP contribution in [0, 0.1) is 6.92 Å². The number of ketones is 1. The molecule has 68 valence electrons. The Labute approximate surface area is 77.2 Å². The second-order valence-electron chi connectivity index (χ2n) is 3.72. The van der Waals surface area contributed by atoms with Crippen molar-refractivity contribution >= 4 is 5.78 Å². The smallest absolute Gasteiger partial charge is 0.164 e. The standard InChI is InChI=1S/C11H12O2/c1-6-3-4-8(12)11-7(2)5-9(13)10(6)11/h3-4,7,12H,5H2,1-2H3. The van der Waals surface area contributed by atoms with Crippen molar-refractivity contribution in [1.29, 1.82) is 0 Å². The van der Waals surface area contributed by atoms with Crippen molar-refractivity contribution in [1.82, 2.24) is 0 Å². The van der Waals surface area contributed by atoms with Gasteiger partial charge < -0.3 is 5.11 Å². The first-order chi connectivity index (χ1) is 6.11. The highest BCUT2D eigenvalue weighted by Gasteiger charge is 2.30. The lowest BCUT2D eigenvalue weighted by atomic mass is 9.99. The molecule has 0 amide bonds. The van der Waals surface area contributed by atoms with E-state index in [1.807, 2.05) is 13.8 Å². The number of Topliss-reactive ketones (excluding diaryl/α,β-unsaturated/α-hetero) is 1. The molecule has 0 aliphatic heterocycles. The van der Waals surface area contributed by atoms with Crippen molar-refractivity contribution in [2.45, 2.75) is 26.2 Å². The topological polar surface area (TPSA) is 37.3 Å². The van der Waals surface area contributed by atoms with Gasteiger partial charge >= 0.3 is 0 Å². The largest absolute Gasteiger partial charge is 0.508 e. The van der Waals surface area contributed by atoms with Gasteiger partial charge in [0.1, 0.15) is 5.75 Å². The Bertz CT molecular complexity index is 380. The molecule has 1 aliphatic carbocycles. The SMILES string of the molecule is Cc1ccc(O)c2c1C(=O)CC2C. The number of benzene rings is 1. The maximum atomic E-state index is 11.5. The number of phenols is 1. The first-order valence-electron chi connectivity index (χ1n) is 4.47. The van der Waals surface area contributed by atoms with Crippen LogP contribution in [0.4, 0.5) is 0 Å². The summed E-state index contributed by atoms with van der Waals surface area (Å²) in [6.45, 7) is 3.89. The minimum absolute atomic E-state index is 0.163. The van der Waals surface area contributed by atoms with Gasteiger partial charge in [-0.2, -0.15) is 0 Å². The lowest BCUT2D eigenvalue weighted by molar-refractivity contribution is 0.0989. The lowest BCUT2D eigenvalue weighted by Gasteiger charge is -2.07. The van der Waals surface area contributed by atoms with Gasteiger partial charge in [0.2, 0.25) is 0 Å². The number of carbonyl (C=O) groups is 1. The van der Waals surface area contributed by atoms with Gasteiger partial charge in [0.15, 0.2) is 5.78 Å². The Morgan fingerprint density at radius 1 is 1.46 bits per heavy atom. The van der Waals surface area contributed by atoms with Crippen molar-refractivity contribution in [3.8, 4) is 5.75 Å². The first kappa shape index (κ1) is 8.30. The van der Waals surface area contributed by atoms with E-state index in [2.05, 4.69) is 0 Å². The molecule has 2 rings (SSSR count). The molecular formula is C11H12O2. The normalized spacial score (nSPS) is 20.5. The zero-order valence-corrected chi connectivity index (χ0v) is 7.79. The molecule has 1 aromatic carbocycles. The molecule has 0 aromatic heterocycles. The van der Waals surface area contributed by atoms with E-state index in [1.165, 1.54) is 0 Å². The van der Waals surface area contributed by atoms with E-state index in [4.69, 9.17) is 0 Å². The average molecular weight is 176 g/mol. The monoisotopic (exact) mass is 176 g/mol. The average Bonchev–Trinajstić information content (AvgIpc) is 2.36. The van der Waals surface area contributed by atoms with Gasteiger partial charge in [-0.15, -0.1) is 0 Å². The number of hydrogen-bond donors (Lipinski definition) is 1. The van der Waals surface area contributed by atoms with Gasteiger partial charge in [-0.3, -0.25) is 4.79 Å². The quantitative estimate of drug-likeness (QED) is 0.659. The van der Waals surface area contributed by atoms with Crippen molar-refractivity contribution in [2.75, 3.05) is 0 Å². The van der Waals surface area contributed by atoms with Crippen LogP contribution in [0.2, 0.25) is 0 Å². The molecule has 0 saturated carbocycles. The Kier molecular flexibility index (Phi) is 1.65. The third-order valence-electron chi connectivity index (χ3n) is 2.69. The molecule has 1 atom stereocenters. The maximum Gasteiger partial charge on any atom is 0.164 e. The number of carbonyl (C=O) groups excluding carboxylic acids is 1. The summed E-state index contributed by atoms with van der Waals surface area (Å²) in [6, 6.07) is 3.47. The molecule has 0 radical (unpaired) electrons. The van der Waals surface area contributed by atoms with E-state index in [1.54, 1.807) is 12.1 Å². The fourth-order valence-corrected chi connectivity index (χ4v) is 2.07. The summed E-state index contributed by atoms with van der Waals surface area (Å²) in [6.07, 6.45) is 0.535. The number of aromatic hydroxyl groups is 1. The minimum Gasteiger partial charge on any atom is -0.508 e. The molecule has 0 spiro atoms. The van der Waals surface area contributed by atoms with Gasteiger partial charge in [0.25, 0.3) is 0 Å². The second-order valence-corrected chi connectivity index (χ2v) is 3.72. The molecule has 13 heavy (non-hydrogen) atoms. The van der Waals surface area contributed by atoms with E-state index in [0.29, 0.717) is 6.42 Å². The molecule has 2 heteroatoms. The highest BCUT2D eigenvalue weighted by Crippen LogP contribution is 2.39. The molecule has 1 unspecified atom stereocenters. The van der Waals surface area contributed by atoms with E-state index in [9.17, 15) is 9.90 Å². The molecule has 0 fully saturated rings. The highest BCUT2D eigenvalue weighted by atomic mass is 16.3. The van der Waals surface area contributed by atoms with Crippen LogP contribution >= 0.6 is 0 Å². The Balaban J connectivity index is 2.74. The summed E-state index contributed by atoms with van der Waals surface area (Å²) in [5, 5.41) is 9.59. The summed E-state index contributed by atoms with van der Waals surface area (Å²) in [5.41, 5.74) is 2.56. The Hall–Kier alpha value is -1.31. The van der Waals surface area contributed by atoms with Gasteiger partial charge in [0, 0.05) is 17.5 Å². The van der Waals surface area contributed by atoms with Crippen LogP contribution in [0.3, 0.4) is 0 Å². The molecule has 0 heterocycles. The predicted molar refractivity (Wildman–Crippen MR) is 50.2 cm³/mol. The number of hydrogen-bond acceptors (Lipinski definition) is 2. The summed E-state index contributed by atoms with van der Waals surface area (Å²) < 4.78 is 0. The highest BCUT2D eigenvalue weighted by molar-refractivity contribution is 6.03. The number of rotatable bonds is 0. The summed E-state index contributed by atoms with van der Waals surface area (Å²) >= 11 is 0. The van der Waals surface area contributed by atoms with Crippen LogP contribution in [-0.4, -0.2) is 10.9 Å². The summed E-state index contributed by atoms with van der Waals surface area (Å²) in [4.78, 5) is 11.5. The van der Waals surface area contributed by atoms with Crippen molar-refractivity contribution < 1.29 is 9.90 Å². The number of aryl methyl sites for hydroxylation is 1. The Morgan fingerprint density at radius 2 is 2.15 bits per heavy atom. The summed E-state index contributed by atoms with van der Waals surface area (Å²) in [7, 11) is 0. The molecule has 0 saturated heterocycles. The van der Waals surface area contributed by atoms with Crippen LogP contribution in [-0.2, 0) is 0 Å². The fourth-order valence-electron chi connectivity index (χ4n) is 2.07. The molecule has 1 N–H and O–H groups in total. The maximum absolute atomic E-state index is 11.5. The van der Waals surface area contributed by atoms with Crippen LogP contribution in [0.1, 0.15) is 40.7 Å². The number of phenolic OH excluding ortho intramolecular Hbond substituents is 1. The van der Waals surface area contributed by atoms with Crippen LogP contribution < -0.4 is 0 Å². The van der Waals surface area contributed by atoms with Crippen molar-refractivity contribution in [3.05, 3.63) is 28.8 Å². The van der Waals surface area contributed by atoms with E-state index < -0.39 is 0 Å². The fraction of sp³-hybridized carbons (Fsp3) is 0.364. The van der Waals surface area contributed by atoms with Gasteiger partial charge in [-0.25, -0.2) is 0 Å². The van der Waals surface area contributed by atoms with E-state index >= 15 is 0 Å². The molecule has 1 aliphatic rings. The van der Waals surface area contributed by atoms with Crippen LogP contribution in [0.15, 0.2) is 12.1 Å². The van der Waals surface area contributed by atoms with Crippen LogP contribution in [0.25, 0.3) is 0 Å². The third kappa shape index (κ3) is 1.05. The van der Waals surface area contributed by atoms with Gasteiger partial charge in [-0.05, 0) is 24.5 Å². The van der Waals surface area contributed by atoms with Gasteiger partial charge in [-0.1, -0.05) is 13.0 Å². The third-order valence-corrected chi connectivity index (χ3v) is 2.69. The van der Waals surface area contributed by atoms with Crippen LogP contribution in [0.5, 0.6) is 5.75 Å². The minimum atomic E-state index is 0.163. The van der Waals surface area contributed by atoms with Crippen molar-refractivity contribution in [3.63, 3.8) is 0 Å². The van der Waals surface area contributed by atoms with E-state index in [-0.39, 0.29) is 17.5 Å². The lowest BCUT2D eigenvalue weighted by Crippen LogP contribution is -1.94. The molecule has 0 bridgehead atoms. The molecular weight excluding hydrogens is 164 g/mol. The molecule has 2 nitrogen and oxygen atoms in total. The van der Waals surface area contributed by atoms with E-state index in [0.717, 1.165) is 16.7 Å². The zero-order valence-electron chi connectivity index (χ0n) is 7.79. The zero-order chi connectivity index (χ0) is 9.59. The first-order valence-corrected chi connectivity index (χ1v) is 4.47. The predicted octanol–water partition coefficient (Wildman–Crippen LogP) is 2.39. The summed E-state index contributed by atoms with van der Waals surface area (Å²) in [5.74, 6) is 0.595. The van der Waals surface area contributed by atoms with Crippen molar-refractivity contribution in [2.24, 2.45) is 0 Å². The molecule has 1 aromatic rings. The van der Waals surface area contributed by atoms with Gasteiger partial charge in [0.05, 0.1) is 0 Å².